The molecule has 0 atom stereocenters. The van der Waals surface area contributed by atoms with Crippen molar-refractivity contribution in [1.82, 2.24) is 19.1 Å². The molecule has 9 aromatic rings. The molecule has 5 nitrogen and oxygen atoms in total. The SMILES string of the molecule is CC(=Nc1ccccc1Cc1ccccc1)c1c(C)c(-c2nc3ccccc3n2-c2ccccc2)c(C)c(-c2nc3ccccc3n2-c2ccccc2)c1C. The van der Waals surface area contributed by atoms with E-state index < -0.39 is 0 Å². The second-order valence-corrected chi connectivity index (χ2v) is 14.2. The van der Waals surface area contributed by atoms with Crippen molar-refractivity contribution in [3.63, 3.8) is 0 Å². The highest BCUT2D eigenvalue weighted by Gasteiger charge is 2.28. The van der Waals surface area contributed by atoms with Crippen molar-refractivity contribution in [3.05, 3.63) is 197 Å². The van der Waals surface area contributed by atoms with E-state index in [1.54, 1.807) is 0 Å². The minimum absolute atomic E-state index is 0.804. The lowest BCUT2D eigenvalue weighted by Crippen LogP contribution is -2.11. The molecule has 0 unspecified atom stereocenters. The average molecular weight is 712 g/mol. The van der Waals surface area contributed by atoms with Crippen molar-refractivity contribution in [3.8, 4) is 34.2 Å². The molecule has 0 radical (unpaired) electrons. The molecule has 9 rings (SSSR count). The smallest absolute Gasteiger partial charge is 0.146 e. The van der Waals surface area contributed by atoms with E-state index in [-0.39, 0.29) is 0 Å². The fourth-order valence-corrected chi connectivity index (χ4v) is 8.32. The zero-order valence-corrected chi connectivity index (χ0v) is 31.5. The van der Waals surface area contributed by atoms with Crippen LogP contribution in [0.15, 0.2) is 169 Å². The van der Waals surface area contributed by atoms with Crippen LogP contribution in [0.1, 0.15) is 40.3 Å². The molecule has 0 saturated heterocycles. The zero-order chi connectivity index (χ0) is 37.5. The molecule has 0 aliphatic carbocycles. The largest absolute Gasteiger partial charge is 0.292 e. The van der Waals surface area contributed by atoms with Crippen LogP contribution in [-0.2, 0) is 6.42 Å². The predicted molar refractivity (Wildman–Crippen MR) is 228 cm³/mol. The van der Waals surface area contributed by atoms with Gasteiger partial charge < -0.3 is 0 Å². The minimum Gasteiger partial charge on any atom is -0.292 e. The fourth-order valence-electron chi connectivity index (χ4n) is 8.32. The van der Waals surface area contributed by atoms with Crippen molar-refractivity contribution in [2.75, 3.05) is 0 Å². The molecule has 0 amide bonds. The van der Waals surface area contributed by atoms with Gasteiger partial charge in [0.2, 0.25) is 0 Å². The third kappa shape index (κ3) is 6.04. The van der Waals surface area contributed by atoms with Crippen molar-refractivity contribution >= 4 is 33.5 Å². The number of aliphatic imine (C=N–C) groups is 1. The molecule has 0 bridgehead atoms. The van der Waals surface area contributed by atoms with Gasteiger partial charge in [0.25, 0.3) is 0 Å². The van der Waals surface area contributed by atoms with E-state index in [2.05, 4.69) is 201 Å². The number of benzene rings is 7. The third-order valence-electron chi connectivity index (χ3n) is 10.7. The standard InChI is InChI=1S/C50H41N5/c1-33-46(36(4)51-41-27-15-14-22-38(41)32-37-20-8-5-9-21-37)34(2)48(50-53-43-29-17-19-31-45(43)55(50)40-25-12-7-13-26-40)35(3)47(33)49-52-42-28-16-18-30-44(42)54(49)39-23-10-6-11-24-39/h5-31H,32H2,1-4H3. The van der Waals surface area contributed by atoms with Crippen LogP contribution in [0, 0.1) is 20.8 Å². The van der Waals surface area contributed by atoms with E-state index >= 15 is 0 Å². The number of para-hydroxylation sites is 7. The molecule has 5 heteroatoms. The summed E-state index contributed by atoms with van der Waals surface area (Å²) in [5.41, 5.74) is 17.1. The Morgan fingerprint density at radius 3 is 1.45 bits per heavy atom. The van der Waals surface area contributed by atoms with Gasteiger partial charge in [-0.05, 0) is 117 Å². The van der Waals surface area contributed by atoms with Gasteiger partial charge in [-0.15, -0.1) is 0 Å². The summed E-state index contributed by atoms with van der Waals surface area (Å²) in [5, 5.41) is 0. The number of aromatic nitrogens is 4. The Kier molecular flexibility index (Phi) is 8.75. The topological polar surface area (TPSA) is 48.0 Å². The highest BCUT2D eigenvalue weighted by Crippen LogP contribution is 2.43. The molecule has 0 spiro atoms. The van der Waals surface area contributed by atoms with Crippen LogP contribution in [0.3, 0.4) is 0 Å². The average Bonchev–Trinajstić information content (AvgIpc) is 3.78. The molecular weight excluding hydrogens is 671 g/mol. The molecule has 7 aromatic carbocycles. The van der Waals surface area contributed by atoms with Crippen LogP contribution in [-0.4, -0.2) is 24.8 Å². The predicted octanol–water partition coefficient (Wildman–Crippen LogP) is 12.4. The van der Waals surface area contributed by atoms with Crippen LogP contribution in [0.25, 0.3) is 56.2 Å². The summed E-state index contributed by atoms with van der Waals surface area (Å²) >= 11 is 0. The Balaban J connectivity index is 1.36. The zero-order valence-electron chi connectivity index (χ0n) is 31.5. The molecule has 0 aliphatic rings. The van der Waals surface area contributed by atoms with Gasteiger partial charge in [0.1, 0.15) is 11.6 Å². The molecular formula is C50H41N5. The Hall–Kier alpha value is -6.85. The number of rotatable bonds is 8. The second-order valence-electron chi connectivity index (χ2n) is 14.2. The van der Waals surface area contributed by atoms with Crippen LogP contribution < -0.4 is 0 Å². The lowest BCUT2D eigenvalue weighted by atomic mass is 9.85. The molecule has 266 valence electrons. The Labute approximate surface area is 321 Å². The van der Waals surface area contributed by atoms with E-state index in [0.717, 1.165) is 96.3 Å². The van der Waals surface area contributed by atoms with E-state index in [4.69, 9.17) is 15.0 Å². The van der Waals surface area contributed by atoms with Gasteiger partial charge in [-0.2, -0.15) is 0 Å². The number of hydrogen-bond acceptors (Lipinski definition) is 3. The van der Waals surface area contributed by atoms with Gasteiger partial charge >= 0.3 is 0 Å². The molecule has 0 N–H and O–H groups in total. The summed E-state index contributed by atoms with van der Waals surface area (Å²) in [4.78, 5) is 16.3. The van der Waals surface area contributed by atoms with Gasteiger partial charge in [-0.25, -0.2) is 9.97 Å². The Morgan fingerprint density at radius 2 is 0.927 bits per heavy atom. The van der Waals surface area contributed by atoms with Crippen LogP contribution in [0.5, 0.6) is 0 Å². The van der Waals surface area contributed by atoms with Crippen LogP contribution in [0.4, 0.5) is 5.69 Å². The molecule has 0 saturated carbocycles. The van der Waals surface area contributed by atoms with Crippen molar-refractivity contribution < 1.29 is 0 Å². The maximum Gasteiger partial charge on any atom is 0.146 e. The monoisotopic (exact) mass is 711 g/mol. The second kappa shape index (κ2) is 14.2. The quantitative estimate of drug-likeness (QED) is 0.147. The lowest BCUT2D eigenvalue weighted by Gasteiger charge is -2.23. The molecule has 0 fully saturated rings. The van der Waals surface area contributed by atoms with E-state index in [1.165, 1.54) is 11.1 Å². The number of hydrogen-bond donors (Lipinski definition) is 0. The first kappa shape index (κ1) is 34.0. The molecule has 55 heavy (non-hydrogen) atoms. The third-order valence-corrected chi connectivity index (χ3v) is 10.7. The number of nitrogens with zero attached hydrogens (tertiary/aromatic N) is 5. The Bertz CT molecular complexity index is 2720. The van der Waals surface area contributed by atoms with Crippen molar-refractivity contribution in [2.24, 2.45) is 4.99 Å². The van der Waals surface area contributed by atoms with Gasteiger partial charge in [0.05, 0.1) is 27.8 Å². The summed E-state index contributed by atoms with van der Waals surface area (Å²) < 4.78 is 4.60. The van der Waals surface area contributed by atoms with Gasteiger partial charge in [-0.3, -0.25) is 14.1 Å². The fraction of sp³-hybridized carbons (Fsp3) is 0.100. The van der Waals surface area contributed by atoms with Gasteiger partial charge in [-0.1, -0.05) is 109 Å². The van der Waals surface area contributed by atoms with Crippen LogP contribution >= 0.6 is 0 Å². The summed E-state index contributed by atoms with van der Waals surface area (Å²) in [6.45, 7) is 8.85. The highest BCUT2D eigenvalue weighted by molar-refractivity contribution is 6.07. The summed E-state index contributed by atoms with van der Waals surface area (Å²) in [6, 6.07) is 57.0. The van der Waals surface area contributed by atoms with Crippen LogP contribution in [0.2, 0.25) is 0 Å². The molecule has 2 aromatic heterocycles. The van der Waals surface area contributed by atoms with E-state index in [9.17, 15) is 0 Å². The van der Waals surface area contributed by atoms with Crippen molar-refractivity contribution in [1.29, 1.82) is 0 Å². The number of fused-ring (bicyclic) bond motifs is 2. The Morgan fingerprint density at radius 1 is 0.491 bits per heavy atom. The maximum atomic E-state index is 5.46. The van der Waals surface area contributed by atoms with E-state index in [1.807, 2.05) is 0 Å². The maximum absolute atomic E-state index is 5.46. The van der Waals surface area contributed by atoms with E-state index in [0.29, 0.717) is 0 Å². The highest BCUT2D eigenvalue weighted by atomic mass is 15.1. The van der Waals surface area contributed by atoms with Gasteiger partial charge in [0, 0.05) is 33.8 Å². The lowest BCUT2D eigenvalue weighted by molar-refractivity contribution is 1.07. The number of imidazole rings is 2. The summed E-state index contributed by atoms with van der Waals surface area (Å²) in [5.74, 6) is 1.79. The molecule has 2 heterocycles. The normalized spacial score (nSPS) is 11.8. The summed E-state index contributed by atoms with van der Waals surface area (Å²) in [6.07, 6.45) is 0.804. The van der Waals surface area contributed by atoms with Crippen molar-refractivity contribution in [2.45, 2.75) is 34.1 Å². The first-order chi connectivity index (χ1) is 27.0. The summed E-state index contributed by atoms with van der Waals surface area (Å²) in [7, 11) is 0. The molecule has 0 aliphatic heterocycles. The first-order valence-corrected chi connectivity index (χ1v) is 18.9. The van der Waals surface area contributed by atoms with Gasteiger partial charge in [0.15, 0.2) is 0 Å². The minimum atomic E-state index is 0.804. The first-order valence-electron chi connectivity index (χ1n) is 18.9.